The monoisotopic (exact) mass is 409 g/mol. The molecule has 0 atom stereocenters. The zero-order valence-electron chi connectivity index (χ0n) is 17.4. The van der Waals surface area contributed by atoms with Crippen molar-refractivity contribution in [1.29, 1.82) is 0 Å². The SMILES string of the molecule is Cc1ccc(OCC(=O)N2CCc3c(c[nH]c(=O)c3C(=O)NC3CCC3)C2)cc1C. The van der Waals surface area contributed by atoms with Gasteiger partial charge in [-0.1, -0.05) is 6.07 Å². The van der Waals surface area contributed by atoms with Crippen molar-refractivity contribution >= 4 is 11.8 Å². The third-order valence-corrected chi connectivity index (χ3v) is 6.15. The van der Waals surface area contributed by atoms with Gasteiger partial charge in [0.15, 0.2) is 6.61 Å². The minimum Gasteiger partial charge on any atom is -0.484 e. The molecule has 1 saturated carbocycles. The molecule has 2 heterocycles. The topological polar surface area (TPSA) is 91.5 Å². The molecule has 1 aliphatic carbocycles. The average molecular weight is 409 g/mol. The van der Waals surface area contributed by atoms with E-state index in [1.54, 1.807) is 11.1 Å². The summed E-state index contributed by atoms with van der Waals surface area (Å²) in [5, 5.41) is 2.95. The van der Waals surface area contributed by atoms with E-state index in [2.05, 4.69) is 10.3 Å². The second-order valence-corrected chi connectivity index (χ2v) is 8.20. The van der Waals surface area contributed by atoms with Gasteiger partial charge in [0, 0.05) is 25.3 Å². The van der Waals surface area contributed by atoms with E-state index in [0.717, 1.165) is 36.0 Å². The minimum atomic E-state index is -0.372. The molecule has 1 aromatic carbocycles. The fourth-order valence-corrected chi connectivity index (χ4v) is 3.87. The van der Waals surface area contributed by atoms with Crippen LogP contribution >= 0.6 is 0 Å². The largest absolute Gasteiger partial charge is 0.484 e. The van der Waals surface area contributed by atoms with Gasteiger partial charge in [-0.2, -0.15) is 0 Å². The first kappa shape index (κ1) is 20.2. The third kappa shape index (κ3) is 4.10. The molecular weight excluding hydrogens is 382 g/mol. The van der Waals surface area contributed by atoms with Crippen LogP contribution in [0.2, 0.25) is 0 Å². The van der Waals surface area contributed by atoms with Crippen LogP contribution in [0.3, 0.4) is 0 Å². The van der Waals surface area contributed by atoms with Crippen molar-refractivity contribution in [3.05, 3.63) is 62.6 Å². The maximum absolute atomic E-state index is 12.7. The lowest BCUT2D eigenvalue weighted by Gasteiger charge is -2.30. The molecule has 0 radical (unpaired) electrons. The molecule has 0 spiro atoms. The summed E-state index contributed by atoms with van der Waals surface area (Å²) in [6, 6.07) is 5.92. The maximum atomic E-state index is 12.7. The lowest BCUT2D eigenvalue weighted by Crippen LogP contribution is -2.44. The number of H-pyrrole nitrogens is 1. The molecule has 1 aliphatic heterocycles. The molecule has 2 aliphatic rings. The first-order chi connectivity index (χ1) is 14.4. The molecule has 0 bridgehead atoms. The van der Waals surface area contributed by atoms with E-state index in [0.29, 0.717) is 25.3 Å². The van der Waals surface area contributed by atoms with Gasteiger partial charge in [0.2, 0.25) is 0 Å². The smallest absolute Gasteiger partial charge is 0.261 e. The number of fused-ring (bicyclic) bond motifs is 1. The molecule has 7 nitrogen and oxygen atoms in total. The molecular formula is C23H27N3O4. The number of nitrogens with zero attached hydrogens (tertiary/aromatic N) is 1. The van der Waals surface area contributed by atoms with Gasteiger partial charge in [-0.25, -0.2) is 0 Å². The number of aryl methyl sites for hydroxylation is 2. The molecule has 1 aromatic heterocycles. The van der Waals surface area contributed by atoms with Crippen molar-refractivity contribution in [2.75, 3.05) is 13.2 Å². The quantitative estimate of drug-likeness (QED) is 0.792. The predicted octanol–water partition coefficient (Wildman–Crippen LogP) is 2.24. The lowest BCUT2D eigenvalue weighted by molar-refractivity contribution is -0.134. The van der Waals surface area contributed by atoms with E-state index in [-0.39, 0.29) is 35.6 Å². The predicted molar refractivity (Wildman–Crippen MR) is 113 cm³/mol. The molecule has 2 amide bonds. The van der Waals surface area contributed by atoms with E-state index in [1.807, 2.05) is 32.0 Å². The van der Waals surface area contributed by atoms with Crippen molar-refractivity contribution in [1.82, 2.24) is 15.2 Å². The number of pyridine rings is 1. The van der Waals surface area contributed by atoms with Gasteiger partial charge in [-0.05, 0) is 73.9 Å². The molecule has 4 rings (SSSR count). The summed E-state index contributed by atoms with van der Waals surface area (Å²) in [6.07, 6.45) is 5.11. The fraction of sp³-hybridized carbons (Fsp3) is 0.435. The highest BCUT2D eigenvalue weighted by atomic mass is 16.5. The van der Waals surface area contributed by atoms with Gasteiger partial charge >= 0.3 is 0 Å². The summed E-state index contributed by atoms with van der Waals surface area (Å²) in [7, 11) is 0. The lowest BCUT2D eigenvalue weighted by atomic mass is 9.92. The number of amides is 2. The van der Waals surface area contributed by atoms with Crippen LogP contribution in [0.25, 0.3) is 0 Å². The summed E-state index contributed by atoms with van der Waals surface area (Å²) in [6.45, 7) is 4.79. The first-order valence-electron chi connectivity index (χ1n) is 10.4. The number of aromatic nitrogens is 1. The Morgan fingerprint density at radius 3 is 2.73 bits per heavy atom. The maximum Gasteiger partial charge on any atom is 0.261 e. The third-order valence-electron chi connectivity index (χ3n) is 6.15. The summed E-state index contributed by atoms with van der Waals surface area (Å²) in [5.74, 6) is 0.240. The number of ether oxygens (including phenoxy) is 1. The number of aromatic amines is 1. The van der Waals surface area contributed by atoms with Crippen LogP contribution in [0, 0.1) is 13.8 Å². The number of hydrogen-bond donors (Lipinski definition) is 2. The number of rotatable bonds is 5. The van der Waals surface area contributed by atoms with Gasteiger partial charge in [0.1, 0.15) is 11.3 Å². The summed E-state index contributed by atoms with van der Waals surface area (Å²) in [4.78, 5) is 42.0. The van der Waals surface area contributed by atoms with Crippen LogP contribution in [-0.4, -0.2) is 40.9 Å². The summed E-state index contributed by atoms with van der Waals surface area (Å²) in [5.41, 5.74) is 3.66. The Morgan fingerprint density at radius 2 is 2.03 bits per heavy atom. The normalized spacial score (nSPS) is 15.9. The van der Waals surface area contributed by atoms with Crippen molar-refractivity contribution in [3.8, 4) is 5.75 Å². The van der Waals surface area contributed by atoms with E-state index in [1.165, 1.54) is 5.56 Å². The first-order valence-corrected chi connectivity index (χ1v) is 10.4. The Balaban J connectivity index is 1.43. The zero-order chi connectivity index (χ0) is 21.3. The molecule has 2 aromatic rings. The van der Waals surface area contributed by atoms with Gasteiger partial charge in [-0.15, -0.1) is 0 Å². The average Bonchev–Trinajstić information content (AvgIpc) is 2.70. The Kier molecular flexibility index (Phi) is 5.61. The van der Waals surface area contributed by atoms with E-state index < -0.39 is 0 Å². The van der Waals surface area contributed by atoms with E-state index >= 15 is 0 Å². The second kappa shape index (κ2) is 8.34. The Morgan fingerprint density at radius 1 is 1.23 bits per heavy atom. The Labute approximate surface area is 175 Å². The number of carbonyl (C=O) groups is 2. The number of carbonyl (C=O) groups excluding carboxylic acids is 2. The minimum absolute atomic E-state index is 0.0454. The van der Waals surface area contributed by atoms with Crippen LogP contribution in [0.4, 0.5) is 0 Å². The highest BCUT2D eigenvalue weighted by Gasteiger charge is 2.28. The van der Waals surface area contributed by atoms with Crippen LogP contribution in [0.1, 0.15) is 51.9 Å². The Hall–Kier alpha value is -3.09. The molecule has 0 unspecified atom stereocenters. The van der Waals surface area contributed by atoms with Gasteiger partial charge in [-0.3, -0.25) is 14.4 Å². The number of nitrogens with one attached hydrogen (secondary N) is 2. The molecule has 7 heteroatoms. The molecule has 0 saturated heterocycles. The van der Waals surface area contributed by atoms with Gasteiger partial charge in [0.25, 0.3) is 17.4 Å². The Bertz CT molecular complexity index is 1040. The zero-order valence-corrected chi connectivity index (χ0v) is 17.4. The van der Waals surface area contributed by atoms with Crippen LogP contribution in [0.5, 0.6) is 5.75 Å². The van der Waals surface area contributed by atoms with Crippen molar-refractivity contribution in [2.45, 2.75) is 52.1 Å². The van der Waals surface area contributed by atoms with Crippen molar-refractivity contribution < 1.29 is 14.3 Å². The van der Waals surface area contributed by atoms with Crippen LogP contribution in [0.15, 0.2) is 29.2 Å². The number of hydrogen-bond acceptors (Lipinski definition) is 4. The summed E-state index contributed by atoms with van der Waals surface area (Å²) < 4.78 is 5.68. The van der Waals surface area contributed by atoms with Gasteiger partial charge < -0.3 is 19.9 Å². The highest BCUT2D eigenvalue weighted by molar-refractivity contribution is 5.96. The summed E-state index contributed by atoms with van der Waals surface area (Å²) >= 11 is 0. The van der Waals surface area contributed by atoms with Crippen molar-refractivity contribution in [3.63, 3.8) is 0 Å². The van der Waals surface area contributed by atoms with Crippen molar-refractivity contribution in [2.24, 2.45) is 0 Å². The van der Waals surface area contributed by atoms with E-state index in [9.17, 15) is 14.4 Å². The highest BCUT2D eigenvalue weighted by Crippen LogP contribution is 2.23. The van der Waals surface area contributed by atoms with Gasteiger partial charge in [0.05, 0.1) is 0 Å². The molecule has 2 N–H and O–H groups in total. The van der Waals surface area contributed by atoms with Crippen LogP contribution in [-0.2, 0) is 17.8 Å². The molecule has 1 fully saturated rings. The molecule has 30 heavy (non-hydrogen) atoms. The van der Waals surface area contributed by atoms with Crippen LogP contribution < -0.4 is 15.6 Å². The van der Waals surface area contributed by atoms with E-state index in [4.69, 9.17) is 4.74 Å². The second-order valence-electron chi connectivity index (χ2n) is 8.20. The number of benzene rings is 1. The molecule has 158 valence electrons. The fourth-order valence-electron chi connectivity index (χ4n) is 3.87. The standard InChI is InChI=1S/C23H27N3O4/c1-14-6-7-18(10-15(14)2)30-13-20(27)26-9-8-19-16(12-26)11-24-22(28)21(19)23(29)25-17-4-3-5-17/h6-7,10-11,17H,3-5,8-9,12-13H2,1-2H3,(H,24,28)(H,25,29).